The maximum absolute atomic E-state index is 12.0. The average molecular weight is 494 g/mol. The molecule has 0 aliphatic rings. The molecule has 0 amide bonds. The van der Waals surface area contributed by atoms with Crippen LogP contribution in [0.25, 0.3) is 33.4 Å². The number of anilines is 3. The van der Waals surface area contributed by atoms with Crippen LogP contribution in [0.4, 0.5) is 17.1 Å². The second-order valence-corrected chi connectivity index (χ2v) is 10.5. The molecular formula is C33H39N3O. The number of benzene rings is 4. The number of phenolic OH excluding ortho intramolecular Hbond substituents is 1. The lowest BCUT2D eigenvalue weighted by atomic mass is 9.86. The van der Waals surface area contributed by atoms with Gasteiger partial charge in [0, 0.05) is 87.2 Å². The normalized spacial score (nSPS) is 10.9. The van der Waals surface area contributed by atoms with Crippen molar-refractivity contribution in [2.75, 3.05) is 57.0 Å². The fourth-order valence-corrected chi connectivity index (χ4v) is 5.31. The van der Waals surface area contributed by atoms with Crippen LogP contribution < -0.4 is 14.7 Å². The van der Waals surface area contributed by atoms with E-state index in [0.29, 0.717) is 5.75 Å². The van der Waals surface area contributed by atoms with Crippen LogP contribution >= 0.6 is 0 Å². The quantitative estimate of drug-likeness (QED) is 0.301. The van der Waals surface area contributed by atoms with E-state index in [1.54, 1.807) is 0 Å². The van der Waals surface area contributed by atoms with Gasteiger partial charge in [0.25, 0.3) is 0 Å². The summed E-state index contributed by atoms with van der Waals surface area (Å²) in [5.41, 5.74) is 12.8. The van der Waals surface area contributed by atoms with E-state index in [2.05, 4.69) is 144 Å². The van der Waals surface area contributed by atoms with Crippen LogP contribution in [0.1, 0.15) is 16.7 Å². The van der Waals surface area contributed by atoms with Crippen molar-refractivity contribution >= 4 is 17.1 Å². The smallest absolute Gasteiger partial charge is 0.131 e. The zero-order valence-corrected chi connectivity index (χ0v) is 23.6. The van der Waals surface area contributed by atoms with Crippen molar-refractivity contribution in [3.05, 3.63) is 83.4 Å². The monoisotopic (exact) mass is 493 g/mol. The highest BCUT2D eigenvalue weighted by atomic mass is 16.3. The van der Waals surface area contributed by atoms with E-state index in [4.69, 9.17) is 0 Å². The molecule has 0 heterocycles. The third-order valence-corrected chi connectivity index (χ3v) is 7.14. The molecule has 0 radical (unpaired) electrons. The summed E-state index contributed by atoms with van der Waals surface area (Å²) >= 11 is 0. The summed E-state index contributed by atoms with van der Waals surface area (Å²) in [5.74, 6) is 0.304. The number of phenols is 1. The minimum atomic E-state index is 0.304. The van der Waals surface area contributed by atoms with Crippen LogP contribution in [0.5, 0.6) is 5.75 Å². The summed E-state index contributed by atoms with van der Waals surface area (Å²) < 4.78 is 0. The molecule has 0 fully saturated rings. The third-order valence-electron chi connectivity index (χ3n) is 7.14. The highest BCUT2D eigenvalue weighted by Crippen LogP contribution is 2.49. The molecule has 0 unspecified atom stereocenters. The van der Waals surface area contributed by atoms with E-state index in [1.165, 1.54) is 11.1 Å². The van der Waals surface area contributed by atoms with Crippen molar-refractivity contribution in [1.82, 2.24) is 0 Å². The SMILES string of the molecule is Cc1cccc(N(C)C)c1-c1cc(-c2c(C)cccc2N(C)C)c(O)c(-c2c(C)cccc2N(C)C)c1. The van der Waals surface area contributed by atoms with E-state index in [9.17, 15) is 5.11 Å². The number of aromatic hydroxyl groups is 1. The van der Waals surface area contributed by atoms with Crippen LogP contribution in [0, 0.1) is 20.8 Å². The zero-order valence-electron chi connectivity index (χ0n) is 23.6. The van der Waals surface area contributed by atoms with Crippen LogP contribution in [-0.4, -0.2) is 47.4 Å². The maximum atomic E-state index is 12.0. The van der Waals surface area contributed by atoms with Crippen molar-refractivity contribution in [3.63, 3.8) is 0 Å². The molecule has 192 valence electrons. The van der Waals surface area contributed by atoms with Crippen molar-refractivity contribution in [2.45, 2.75) is 20.8 Å². The second-order valence-electron chi connectivity index (χ2n) is 10.5. The number of hydrogen-bond donors (Lipinski definition) is 1. The van der Waals surface area contributed by atoms with Gasteiger partial charge < -0.3 is 19.8 Å². The molecular weight excluding hydrogens is 454 g/mol. The average Bonchev–Trinajstić information content (AvgIpc) is 2.84. The predicted octanol–water partition coefficient (Wildman–Crippen LogP) is 7.52. The zero-order chi connectivity index (χ0) is 27.0. The molecule has 0 spiro atoms. The Hall–Kier alpha value is -3.92. The molecule has 0 aliphatic carbocycles. The predicted molar refractivity (Wildman–Crippen MR) is 162 cm³/mol. The summed E-state index contributed by atoms with van der Waals surface area (Å²) in [5, 5.41) is 12.0. The first-order chi connectivity index (χ1) is 17.5. The van der Waals surface area contributed by atoms with Gasteiger partial charge in [0.15, 0.2) is 0 Å². The second kappa shape index (κ2) is 10.2. The van der Waals surface area contributed by atoms with E-state index in [1.807, 2.05) is 0 Å². The number of aryl methyl sites for hydroxylation is 3. The summed E-state index contributed by atoms with van der Waals surface area (Å²) in [6.45, 7) is 6.39. The Morgan fingerprint density at radius 1 is 0.486 bits per heavy atom. The molecule has 0 aromatic heterocycles. The number of nitrogens with zero attached hydrogens (tertiary/aromatic N) is 3. The van der Waals surface area contributed by atoms with Gasteiger partial charge in [-0.3, -0.25) is 0 Å². The topological polar surface area (TPSA) is 30.0 Å². The third kappa shape index (κ3) is 4.76. The Morgan fingerprint density at radius 2 is 0.811 bits per heavy atom. The Morgan fingerprint density at radius 3 is 1.16 bits per heavy atom. The molecule has 0 aliphatic heterocycles. The van der Waals surface area contributed by atoms with Crippen molar-refractivity contribution in [3.8, 4) is 39.1 Å². The Labute approximate surface area is 222 Å². The highest BCUT2D eigenvalue weighted by molar-refractivity contribution is 5.97. The van der Waals surface area contributed by atoms with Gasteiger partial charge in [0.05, 0.1) is 0 Å². The standard InChI is InChI=1S/C33H39N3O/c1-21-13-10-16-27(34(4)5)30(21)24-19-25(31-22(2)14-11-17-28(31)35(6)7)33(37)26(20-24)32-23(3)15-12-18-29(32)36(8)9/h10-20,37H,1-9H3. The van der Waals surface area contributed by atoms with Crippen LogP contribution in [0.15, 0.2) is 66.7 Å². The number of hydrogen-bond acceptors (Lipinski definition) is 4. The molecule has 4 rings (SSSR count). The molecule has 0 bridgehead atoms. The first-order valence-corrected chi connectivity index (χ1v) is 12.7. The van der Waals surface area contributed by atoms with Crippen LogP contribution in [0.2, 0.25) is 0 Å². The largest absolute Gasteiger partial charge is 0.507 e. The Kier molecular flexibility index (Phi) is 7.22. The van der Waals surface area contributed by atoms with Gasteiger partial charge in [-0.1, -0.05) is 36.4 Å². The van der Waals surface area contributed by atoms with Gasteiger partial charge in [0.1, 0.15) is 5.75 Å². The Balaban J connectivity index is 2.20. The molecule has 0 saturated heterocycles. The van der Waals surface area contributed by atoms with Crippen molar-refractivity contribution < 1.29 is 5.11 Å². The molecule has 37 heavy (non-hydrogen) atoms. The van der Waals surface area contributed by atoms with Crippen LogP contribution in [-0.2, 0) is 0 Å². The molecule has 4 heteroatoms. The van der Waals surface area contributed by atoms with Gasteiger partial charge in [0.2, 0.25) is 0 Å². The van der Waals surface area contributed by atoms with E-state index >= 15 is 0 Å². The Bertz CT molecular complexity index is 1370. The first kappa shape index (κ1) is 26.2. The minimum absolute atomic E-state index is 0.304. The fourth-order valence-electron chi connectivity index (χ4n) is 5.31. The molecule has 4 aromatic carbocycles. The van der Waals surface area contributed by atoms with Crippen LogP contribution in [0.3, 0.4) is 0 Å². The maximum Gasteiger partial charge on any atom is 0.131 e. The summed E-state index contributed by atoms with van der Waals surface area (Å²) in [4.78, 5) is 6.39. The first-order valence-electron chi connectivity index (χ1n) is 12.7. The van der Waals surface area contributed by atoms with Gasteiger partial charge in [-0.2, -0.15) is 0 Å². The lowest BCUT2D eigenvalue weighted by Crippen LogP contribution is -2.12. The van der Waals surface area contributed by atoms with E-state index in [0.717, 1.165) is 56.0 Å². The molecule has 1 N–H and O–H groups in total. The summed E-state index contributed by atoms with van der Waals surface area (Å²) in [7, 11) is 12.4. The van der Waals surface area contributed by atoms with Gasteiger partial charge in [-0.05, 0) is 73.4 Å². The van der Waals surface area contributed by atoms with Gasteiger partial charge >= 0.3 is 0 Å². The van der Waals surface area contributed by atoms with E-state index < -0.39 is 0 Å². The summed E-state index contributed by atoms with van der Waals surface area (Å²) in [6.07, 6.45) is 0. The minimum Gasteiger partial charge on any atom is -0.507 e. The lowest BCUT2D eigenvalue weighted by molar-refractivity contribution is 0.479. The summed E-state index contributed by atoms with van der Waals surface area (Å²) in [6, 6.07) is 23.4. The van der Waals surface area contributed by atoms with Gasteiger partial charge in [-0.25, -0.2) is 0 Å². The fraction of sp³-hybridized carbons (Fsp3) is 0.273. The molecule has 0 atom stereocenters. The number of rotatable bonds is 6. The van der Waals surface area contributed by atoms with E-state index in [-0.39, 0.29) is 0 Å². The molecule has 4 nitrogen and oxygen atoms in total. The molecule has 4 aromatic rings. The van der Waals surface area contributed by atoms with Crippen molar-refractivity contribution in [2.24, 2.45) is 0 Å². The lowest BCUT2D eigenvalue weighted by Gasteiger charge is -2.26. The molecule has 0 saturated carbocycles. The highest BCUT2D eigenvalue weighted by Gasteiger charge is 2.23. The van der Waals surface area contributed by atoms with Gasteiger partial charge in [-0.15, -0.1) is 0 Å². The van der Waals surface area contributed by atoms with Crippen molar-refractivity contribution in [1.29, 1.82) is 0 Å².